The summed E-state index contributed by atoms with van der Waals surface area (Å²) in [5.74, 6) is -0.510. The molecule has 1 unspecified atom stereocenters. The maximum atomic E-state index is 13.7. The Morgan fingerprint density at radius 2 is 1.78 bits per heavy atom. The molecule has 1 amide bonds. The van der Waals surface area contributed by atoms with Crippen LogP contribution in [0.2, 0.25) is 0 Å². The van der Waals surface area contributed by atoms with Crippen molar-refractivity contribution in [3.63, 3.8) is 0 Å². The van der Waals surface area contributed by atoms with Crippen molar-refractivity contribution < 1.29 is 9.18 Å². The minimum Gasteiger partial charge on any atom is -0.370 e. The van der Waals surface area contributed by atoms with E-state index in [9.17, 15) is 9.18 Å². The van der Waals surface area contributed by atoms with E-state index in [1.165, 1.54) is 6.07 Å². The zero-order chi connectivity index (χ0) is 16.7. The van der Waals surface area contributed by atoms with Crippen molar-refractivity contribution in [2.45, 2.75) is 38.3 Å². The van der Waals surface area contributed by atoms with Gasteiger partial charge in [0.2, 0.25) is 5.91 Å². The van der Waals surface area contributed by atoms with Crippen molar-refractivity contribution in [1.82, 2.24) is 5.32 Å². The maximum absolute atomic E-state index is 13.7. The number of primary amides is 1. The predicted molar refractivity (Wildman–Crippen MR) is 90.3 cm³/mol. The van der Waals surface area contributed by atoms with E-state index in [2.05, 4.69) is 5.32 Å². The van der Waals surface area contributed by atoms with Crippen molar-refractivity contribution in [2.75, 3.05) is 0 Å². The molecule has 0 aliphatic rings. The van der Waals surface area contributed by atoms with Crippen LogP contribution in [0.1, 0.15) is 36.9 Å². The Balaban J connectivity index is 1.96. The van der Waals surface area contributed by atoms with E-state index in [1.54, 1.807) is 12.1 Å². The van der Waals surface area contributed by atoms with E-state index >= 15 is 0 Å². The highest BCUT2D eigenvalue weighted by Crippen LogP contribution is 2.18. The van der Waals surface area contributed by atoms with Gasteiger partial charge in [-0.05, 0) is 37.0 Å². The van der Waals surface area contributed by atoms with Crippen LogP contribution in [0, 0.1) is 5.82 Å². The van der Waals surface area contributed by atoms with Gasteiger partial charge in [0, 0.05) is 18.5 Å². The van der Waals surface area contributed by atoms with Gasteiger partial charge >= 0.3 is 0 Å². The molecular weight excluding hydrogens is 291 g/mol. The number of rotatable bonds is 8. The molecule has 2 atom stereocenters. The second kappa shape index (κ2) is 8.44. The first-order chi connectivity index (χ1) is 11.1. The monoisotopic (exact) mass is 314 g/mol. The van der Waals surface area contributed by atoms with Gasteiger partial charge in [-0.15, -0.1) is 0 Å². The first-order valence-corrected chi connectivity index (χ1v) is 7.89. The summed E-state index contributed by atoms with van der Waals surface area (Å²) < 4.78 is 13.7. The third-order valence-electron chi connectivity index (χ3n) is 3.90. The lowest BCUT2D eigenvalue weighted by molar-refractivity contribution is -0.118. The van der Waals surface area contributed by atoms with E-state index in [0.29, 0.717) is 12.0 Å². The summed E-state index contributed by atoms with van der Waals surface area (Å²) in [6.07, 6.45) is 1.68. The Kier molecular flexibility index (Phi) is 6.29. The lowest BCUT2D eigenvalue weighted by Gasteiger charge is -2.23. The number of nitrogens with one attached hydrogen (secondary N) is 1. The fourth-order valence-electron chi connectivity index (χ4n) is 2.66. The van der Waals surface area contributed by atoms with Crippen molar-refractivity contribution in [3.05, 3.63) is 71.5 Å². The molecule has 4 heteroatoms. The molecule has 2 aromatic rings. The zero-order valence-electron chi connectivity index (χ0n) is 13.3. The number of nitrogens with two attached hydrogens (primary N) is 1. The Labute approximate surface area is 136 Å². The van der Waals surface area contributed by atoms with Gasteiger partial charge < -0.3 is 11.1 Å². The molecule has 0 heterocycles. The second-order valence-electron chi connectivity index (χ2n) is 5.83. The summed E-state index contributed by atoms with van der Waals surface area (Å²) in [5, 5.41) is 3.43. The predicted octanol–water partition coefficient (Wildman–Crippen LogP) is 3.35. The highest BCUT2D eigenvalue weighted by Gasteiger charge is 2.16. The van der Waals surface area contributed by atoms with Crippen LogP contribution in [-0.2, 0) is 11.2 Å². The number of aryl methyl sites for hydroxylation is 1. The quantitative estimate of drug-likeness (QED) is 0.785. The molecule has 2 rings (SSSR count). The van der Waals surface area contributed by atoms with Crippen LogP contribution in [-0.4, -0.2) is 11.9 Å². The van der Waals surface area contributed by atoms with Gasteiger partial charge in [0.05, 0.1) is 0 Å². The van der Waals surface area contributed by atoms with Crippen LogP contribution >= 0.6 is 0 Å². The lowest BCUT2D eigenvalue weighted by Crippen LogP contribution is -2.33. The topological polar surface area (TPSA) is 55.1 Å². The normalized spacial score (nSPS) is 13.5. The van der Waals surface area contributed by atoms with Crippen LogP contribution < -0.4 is 11.1 Å². The van der Waals surface area contributed by atoms with Crippen LogP contribution in [0.15, 0.2) is 54.6 Å². The van der Waals surface area contributed by atoms with Gasteiger partial charge in [-0.1, -0.05) is 48.5 Å². The Morgan fingerprint density at radius 1 is 1.13 bits per heavy atom. The van der Waals surface area contributed by atoms with E-state index in [1.807, 2.05) is 43.3 Å². The van der Waals surface area contributed by atoms with Gasteiger partial charge in [0.15, 0.2) is 0 Å². The molecular formula is C19H23FN2O. The van der Waals surface area contributed by atoms with Gasteiger partial charge in [0.25, 0.3) is 0 Å². The molecule has 0 saturated heterocycles. The zero-order valence-corrected chi connectivity index (χ0v) is 13.3. The molecule has 0 spiro atoms. The number of carbonyl (C=O) groups excluding carboxylic acids is 1. The van der Waals surface area contributed by atoms with Crippen LogP contribution in [0.5, 0.6) is 0 Å². The largest absolute Gasteiger partial charge is 0.370 e. The van der Waals surface area contributed by atoms with E-state index in [4.69, 9.17) is 5.73 Å². The van der Waals surface area contributed by atoms with Gasteiger partial charge in [-0.3, -0.25) is 4.79 Å². The first kappa shape index (κ1) is 17.2. The fourth-order valence-corrected chi connectivity index (χ4v) is 2.66. The minimum atomic E-state index is -0.340. The minimum absolute atomic E-state index is 0.121. The highest BCUT2D eigenvalue weighted by molar-refractivity contribution is 5.74. The Bertz CT molecular complexity index is 630. The average Bonchev–Trinajstić information content (AvgIpc) is 2.54. The summed E-state index contributed by atoms with van der Waals surface area (Å²) in [7, 11) is 0. The van der Waals surface area contributed by atoms with Crippen LogP contribution in [0.4, 0.5) is 4.39 Å². The van der Waals surface area contributed by atoms with Crippen molar-refractivity contribution in [3.8, 4) is 0 Å². The Morgan fingerprint density at radius 3 is 2.43 bits per heavy atom. The number of benzene rings is 2. The van der Waals surface area contributed by atoms with Crippen molar-refractivity contribution >= 4 is 5.91 Å². The molecule has 0 aromatic heterocycles. The van der Waals surface area contributed by atoms with Gasteiger partial charge in [-0.2, -0.15) is 0 Å². The summed E-state index contributed by atoms with van der Waals surface area (Å²) in [4.78, 5) is 11.3. The molecule has 122 valence electrons. The third-order valence-corrected chi connectivity index (χ3v) is 3.90. The second-order valence-corrected chi connectivity index (χ2v) is 5.83. The molecule has 3 nitrogen and oxygen atoms in total. The summed E-state index contributed by atoms with van der Waals surface area (Å²) in [6.45, 7) is 2.04. The highest BCUT2D eigenvalue weighted by atomic mass is 19.1. The number of carbonyl (C=O) groups is 1. The molecule has 0 aliphatic carbocycles. The van der Waals surface area contributed by atoms with Crippen LogP contribution in [0.25, 0.3) is 0 Å². The van der Waals surface area contributed by atoms with E-state index in [-0.39, 0.29) is 30.2 Å². The molecule has 0 saturated carbocycles. The molecule has 23 heavy (non-hydrogen) atoms. The molecule has 0 aliphatic heterocycles. The standard InChI is InChI=1S/C19H23FN2O/c1-14(11-12-15-7-5-6-10-17(15)20)22-18(13-19(21)23)16-8-3-2-4-9-16/h2-10,14,18,22H,11-13H2,1H3,(H2,21,23)/t14?,18-/m0/s1. The lowest BCUT2D eigenvalue weighted by atomic mass is 10.0. The smallest absolute Gasteiger partial charge is 0.219 e. The van der Waals surface area contributed by atoms with Crippen LogP contribution in [0.3, 0.4) is 0 Å². The van der Waals surface area contributed by atoms with E-state index < -0.39 is 0 Å². The number of hydrogen-bond donors (Lipinski definition) is 2. The van der Waals surface area contributed by atoms with Gasteiger partial charge in [-0.25, -0.2) is 4.39 Å². The number of halogens is 1. The fraction of sp³-hybridized carbons (Fsp3) is 0.316. The maximum Gasteiger partial charge on any atom is 0.219 e. The molecule has 0 fully saturated rings. The number of hydrogen-bond acceptors (Lipinski definition) is 2. The van der Waals surface area contributed by atoms with Gasteiger partial charge in [0.1, 0.15) is 5.82 Å². The van der Waals surface area contributed by atoms with Crippen molar-refractivity contribution in [1.29, 1.82) is 0 Å². The Hall–Kier alpha value is -2.20. The number of amides is 1. The summed E-state index contributed by atoms with van der Waals surface area (Å²) in [5.41, 5.74) is 7.11. The summed E-state index contributed by atoms with van der Waals surface area (Å²) in [6, 6.07) is 16.6. The van der Waals surface area contributed by atoms with Crippen molar-refractivity contribution in [2.24, 2.45) is 5.73 Å². The average molecular weight is 314 g/mol. The van der Waals surface area contributed by atoms with E-state index in [0.717, 1.165) is 12.0 Å². The molecule has 0 bridgehead atoms. The third kappa shape index (κ3) is 5.49. The first-order valence-electron chi connectivity index (χ1n) is 7.89. The SMILES string of the molecule is CC(CCc1ccccc1F)N[C@@H](CC(N)=O)c1ccccc1. The molecule has 0 radical (unpaired) electrons. The molecule has 2 aromatic carbocycles. The molecule has 3 N–H and O–H groups in total. The summed E-state index contributed by atoms with van der Waals surface area (Å²) >= 11 is 0.